The van der Waals surface area contributed by atoms with Crippen LogP contribution in [0, 0.1) is 6.92 Å². The molecule has 0 aromatic heterocycles. The Morgan fingerprint density at radius 3 is 2.61 bits per heavy atom. The minimum absolute atomic E-state index is 0.0733. The van der Waals surface area contributed by atoms with Crippen molar-refractivity contribution in [2.24, 2.45) is 0 Å². The fraction of sp³-hybridized carbons (Fsp3) is 0.316. The minimum Gasteiger partial charge on any atom is -0.375 e. The molecule has 0 aliphatic carbocycles. The lowest BCUT2D eigenvalue weighted by Crippen LogP contribution is -2.41. The highest BCUT2D eigenvalue weighted by Gasteiger charge is 2.17. The number of morpholine rings is 1. The van der Waals surface area contributed by atoms with Crippen molar-refractivity contribution < 1.29 is 9.53 Å². The van der Waals surface area contributed by atoms with Crippen molar-refractivity contribution in [2.45, 2.75) is 20.0 Å². The molecule has 1 heterocycles. The van der Waals surface area contributed by atoms with Crippen molar-refractivity contribution in [1.29, 1.82) is 0 Å². The van der Waals surface area contributed by atoms with E-state index in [9.17, 15) is 4.79 Å². The molecule has 120 valence electrons. The minimum atomic E-state index is -0.0733. The van der Waals surface area contributed by atoms with Crippen LogP contribution in [0.2, 0.25) is 0 Å². The maximum absolute atomic E-state index is 12.3. The van der Waals surface area contributed by atoms with Crippen LogP contribution in [0.4, 0.5) is 11.4 Å². The van der Waals surface area contributed by atoms with Gasteiger partial charge in [-0.15, -0.1) is 0 Å². The number of hydrogen-bond acceptors (Lipinski definition) is 3. The van der Waals surface area contributed by atoms with E-state index in [4.69, 9.17) is 4.74 Å². The van der Waals surface area contributed by atoms with Gasteiger partial charge < -0.3 is 15.0 Å². The van der Waals surface area contributed by atoms with Crippen molar-refractivity contribution in [2.75, 3.05) is 29.9 Å². The molecule has 1 atom stereocenters. The van der Waals surface area contributed by atoms with E-state index >= 15 is 0 Å². The zero-order valence-electron chi connectivity index (χ0n) is 13.6. The van der Waals surface area contributed by atoms with Gasteiger partial charge in [-0.25, -0.2) is 0 Å². The number of nitrogens with one attached hydrogen (secondary N) is 1. The molecule has 2 aromatic rings. The van der Waals surface area contributed by atoms with Crippen LogP contribution in [0.15, 0.2) is 48.5 Å². The van der Waals surface area contributed by atoms with Gasteiger partial charge in [-0.3, -0.25) is 4.79 Å². The zero-order valence-corrected chi connectivity index (χ0v) is 13.6. The van der Waals surface area contributed by atoms with Gasteiger partial charge in [-0.2, -0.15) is 0 Å². The summed E-state index contributed by atoms with van der Waals surface area (Å²) in [5, 5.41) is 2.96. The number of benzene rings is 2. The second-order valence-electron chi connectivity index (χ2n) is 5.94. The summed E-state index contributed by atoms with van der Waals surface area (Å²) in [6.07, 6.45) is 0.254. The fourth-order valence-corrected chi connectivity index (χ4v) is 2.83. The molecular formula is C19H22N2O2. The number of amides is 1. The lowest BCUT2D eigenvalue weighted by Gasteiger charge is -2.33. The highest BCUT2D eigenvalue weighted by Crippen LogP contribution is 2.21. The van der Waals surface area contributed by atoms with Gasteiger partial charge in [0.2, 0.25) is 0 Å². The Balaban J connectivity index is 1.68. The second-order valence-corrected chi connectivity index (χ2v) is 5.94. The van der Waals surface area contributed by atoms with Crippen LogP contribution in [-0.4, -0.2) is 31.7 Å². The fourth-order valence-electron chi connectivity index (χ4n) is 2.83. The van der Waals surface area contributed by atoms with Gasteiger partial charge >= 0.3 is 0 Å². The van der Waals surface area contributed by atoms with Crippen LogP contribution in [0.3, 0.4) is 0 Å². The number of ether oxygens (including phenoxy) is 1. The van der Waals surface area contributed by atoms with E-state index in [-0.39, 0.29) is 12.0 Å². The third kappa shape index (κ3) is 3.71. The Hall–Kier alpha value is -2.33. The van der Waals surface area contributed by atoms with Gasteiger partial charge in [-0.1, -0.05) is 18.2 Å². The van der Waals surface area contributed by atoms with Crippen molar-refractivity contribution in [3.63, 3.8) is 0 Å². The van der Waals surface area contributed by atoms with E-state index in [0.29, 0.717) is 5.56 Å². The summed E-state index contributed by atoms with van der Waals surface area (Å²) >= 11 is 0. The molecule has 1 unspecified atom stereocenters. The van der Waals surface area contributed by atoms with Crippen LogP contribution >= 0.6 is 0 Å². The average molecular weight is 310 g/mol. The van der Waals surface area contributed by atoms with E-state index in [1.807, 2.05) is 55.5 Å². The summed E-state index contributed by atoms with van der Waals surface area (Å²) < 4.78 is 5.57. The lowest BCUT2D eigenvalue weighted by molar-refractivity contribution is 0.0532. The number of anilines is 2. The van der Waals surface area contributed by atoms with Crippen molar-refractivity contribution in [1.82, 2.24) is 0 Å². The summed E-state index contributed by atoms with van der Waals surface area (Å²) in [6, 6.07) is 15.6. The standard InChI is InChI=1S/C19H22N2O2/c1-14-5-3-4-6-18(14)19(22)20-16-7-9-17(10-8-16)21-11-12-23-15(2)13-21/h3-10,15H,11-13H2,1-2H3,(H,20,22). The number of rotatable bonds is 3. The molecule has 1 N–H and O–H groups in total. The van der Waals surface area contributed by atoms with Crippen LogP contribution < -0.4 is 10.2 Å². The molecule has 3 rings (SSSR count). The zero-order chi connectivity index (χ0) is 16.2. The molecule has 1 aliphatic heterocycles. The number of carbonyl (C=O) groups is 1. The van der Waals surface area contributed by atoms with E-state index in [2.05, 4.69) is 17.1 Å². The highest BCUT2D eigenvalue weighted by molar-refractivity contribution is 6.05. The Bertz CT molecular complexity index is 682. The van der Waals surface area contributed by atoms with Gasteiger partial charge in [-0.05, 0) is 49.7 Å². The van der Waals surface area contributed by atoms with Crippen molar-refractivity contribution in [3.05, 3.63) is 59.7 Å². The molecule has 0 saturated carbocycles. The van der Waals surface area contributed by atoms with Gasteiger partial charge in [0.1, 0.15) is 0 Å². The van der Waals surface area contributed by atoms with E-state index in [0.717, 1.165) is 36.6 Å². The molecule has 1 fully saturated rings. The molecule has 23 heavy (non-hydrogen) atoms. The molecule has 4 heteroatoms. The lowest BCUT2D eigenvalue weighted by atomic mass is 10.1. The van der Waals surface area contributed by atoms with Gasteiger partial charge in [0, 0.05) is 30.0 Å². The van der Waals surface area contributed by atoms with E-state index < -0.39 is 0 Å². The van der Waals surface area contributed by atoms with Crippen molar-refractivity contribution >= 4 is 17.3 Å². The molecular weight excluding hydrogens is 288 g/mol. The summed E-state index contributed by atoms with van der Waals surface area (Å²) in [5.41, 5.74) is 3.65. The molecule has 1 amide bonds. The van der Waals surface area contributed by atoms with Gasteiger partial charge in [0.05, 0.1) is 12.7 Å². The Kier molecular flexibility index (Phi) is 4.63. The van der Waals surface area contributed by atoms with Gasteiger partial charge in [0.15, 0.2) is 0 Å². The third-order valence-electron chi connectivity index (χ3n) is 4.12. The topological polar surface area (TPSA) is 41.6 Å². The summed E-state index contributed by atoms with van der Waals surface area (Å²) in [7, 11) is 0. The maximum atomic E-state index is 12.3. The third-order valence-corrected chi connectivity index (χ3v) is 4.12. The smallest absolute Gasteiger partial charge is 0.255 e. The van der Waals surface area contributed by atoms with E-state index in [1.165, 1.54) is 0 Å². The van der Waals surface area contributed by atoms with Gasteiger partial charge in [0.25, 0.3) is 5.91 Å². The summed E-state index contributed by atoms with van der Waals surface area (Å²) in [5.74, 6) is -0.0733. The molecule has 0 bridgehead atoms. The molecule has 4 nitrogen and oxygen atoms in total. The predicted octanol–water partition coefficient (Wildman–Crippen LogP) is 3.47. The normalized spacial score (nSPS) is 17.8. The van der Waals surface area contributed by atoms with Crippen LogP contribution in [-0.2, 0) is 4.74 Å². The monoisotopic (exact) mass is 310 g/mol. The summed E-state index contributed by atoms with van der Waals surface area (Å²) in [6.45, 7) is 6.58. The largest absolute Gasteiger partial charge is 0.375 e. The molecule has 1 aliphatic rings. The Morgan fingerprint density at radius 1 is 1.17 bits per heavy atom. The first-order valence-electron chi connectivity index (χ1n) is 7.97. The molecule has 1 saturated heterocycles. The summed E-state index contributed by atoms with van der Waals surface area (Å²) in [4.78, 5) is 14.6. The Morgan fingerprint density at radius 2 is 1.91 bits per heavy atom. The second kappa shape index (κ2) is 6.84. The van der Waals surface area contributed by atoms with Crippen LogP contribution in [0.25, 0.3) is 0 Å². The molecule has 0 spiro atoms. The highest BCUT2D eigenvalue weighted by atomic mass is 16.5. The van der Waals surface area contributed by atoms with Crippen LogP contribution in [0.5, 0.6) is 0 Å². The Labute approximate surface area is 137 Å². The first kappa shape index (κ1) is 15.6. The number of hydrogen-bond donors (Lipinski definition) is 1. The van der Waals surface area contributed by atoms with E-state index in [1.54, 1.807) is 0 Å². The van der Waals surface area contributed by atoms with Crippen LogP contribution in [0.1, 0.15) is 22.8 Å². The molecule has 0 radical (unpaired) electrons. The quantitative estimate of drug-likeness (QED) is 0.944. The number of nitrogens with zero attached hydrogens (tertiary/aromatic N) is 1. The first-order valence-corrected chi connectivity index (χ1v) is 7.97. The predicted molar refractivity (Wildman–Crippen MR) is 93.2 cm³/mol. The SMILES string of the molecule is Cc1ccccc1C(=O)Nc1ccc(N2CCOC(C)C2)cc1. The van der Waals surface area contributed by atoms with Crippen molar-refractivity contribution in [3.8, 4) is 0 Å². The molecule has 2 aromatic carbocycles. The number of aryl methyl sites for hydroxylation is 1. The average Bonchev–Trinajstić information content (AvgIpc) is 2.56. The maximum Gasteiger partial charge on any atom is 0.255 e. The first-order chi connectivity index (χ1) is 11.1. The number of carbonyl (C=O) groups excluding carboxylic acids is 1.